The minimum atomic E-state index is -0.737. The third kappa shape index (κ3) is 5.77. The molecule has 7 heteroatoms. The molecule has 0 radical (unpaired) electrons. The molecule has 0 atom stereocenters. The molecule has 0 saturated heterocycles. The Bertz CT molecular complexity index is 792. The number of allylic oxidation sites excluding steroid dienone is 1. The Balaban J connectivity index is 3.32. The summed E-state index contributed by atoms with van der Waals surface area (Å²) in [6.07, 6.45) is 1.52. The molecule has 0 aromatic carbocycles. The van der Waals surface area contributed by atoms with Crippen molar-refractivity contribution in [2.45, 2.75) is 40.0 Å². The molecule has 132 valence electrons. The first kappa shape index (κ1) is 19.9. The molecule has 0 aliphatic heterocycles. The van der Waals surface area contributed by atoms with E-state index in [0.717, 1.165) is 5.71 Å². The second kappa shape index (κ2) is 8.11. The topological polar surface area (TPSA) is 130 Å². The van der Waals surface area contributed by atoms with Gasteiger partial charge in [0.05, 0.1) is 22.9 Å². The second-order valence-corrected chi connectivity index (χ2v) is 6.30. The zero-order valence-corrected chi connectivity index (χ0v) is 15.2. The maximum Gasteiger partial charge on any atom is 0.246 e. The first-order chi connectivity index (χ1) is 11.6. The predicted octanol–water partition coefficient (Wildman–Crippen LogP) is 2.33. The number of anilines is 1. The van der Waals surface area contributed by atoms with Gasteiger partial charge in [0.15, 0.2) is 0 Å². The highest BCUT2D eigenvalue weighted by atomic mass is 16.1. The molecular formula is C18H24N6O. The summed E-state index contributed by atoms with van der Waals surface area (Å²) in [5.74, 6) is 0.117. The fraction of sp³-hybridized carbons (Fsp3) is 0.333. The lowest BCUT2D eigenvalue weighted by Gasteiger charge is -2.16. The number of hydrogen-bond acceptors (Lipinski definition) is 6. The molecule has 25 heavy (non-hydrogen) atoms. The van der Waals surface area contributed by atoms with E-state index in [1.165, 1.54) is 6.08 Å². The Morgan fingerprint density at radius 3 is 2.48 bits per heavy atom. The van der Waals surface area contributed by atoms with Gasteiger partial charge in [-0.3, -0.25) is 4.79 Å². The van der Waals surface area contributed by atoms with Crippen LogP contribution < -0.4 is 16.8 Å². The minimum absolute atomic E-state index is 0.233. The van der Waals surface area contributed by atoms with E-state index < -0.39 is 11.3 Å². The number of hydrogen-bond donors (Lipinski definition) is 3. The third-order valence-corrected chi connectivity index (χ3v) is 3.35. The van der Waals surface area contributed by atoms with E-state index in [-0.39, 0.29) is 5.82 Å². The molecule has 0 unspecified atom stereocenters. The summed E-state index contributed by atoms with van der Waals surface area (Å²) in [5.41, 5.74) is 12.6. The molecule has 1 amide bonds. The number of primary amides is 1. The smallest absolute Gasteiger partial charge is 0.246 e. The van der Waals surface area contributed by atoms with Crippen LogP contribution in [0.15, 0.2) is 46.4 Å². The summed E-state index contributed by atoms with van der Waals surface area (Å²) < 4.78 is 0. The van der Waals surface area contributed by atoms with Gasteiger partial charge in [-0.25, -0.2) is 9.98 Å². The number of aliphatic imine (C=N–C) groups is 1. The number of amides is 1. The molecule has 1 heterocycles. The van der Waals surface area contributed by atoms with Crippen molar-refractivity contribution in [1.82, 2.24) is 4.98 Å². The van der Waals surface area contributed by atoms with Crippen molar-refractivity contribution >= 4 is 17.4 Å². The molecule has 1 rings (SSSR count). The molecular weight excluding hydrogens is 316 g/mol. The van der Waals surface area contributed by atoms with Crippen LogP contribution in [0.2, 0.25) is 0 Å². The molecule has 1 aromatic heterocycles. The average molecular weight is 340 g/mol. The van der Waals surface area contributed by atoms with E-state index in [0.29, 0.717) is 22.8 Å². The first-order valence-corrected chi connectivity index (χ1v) is 7.72. The molecule has 1 aromatic rings. The summed E-state index contributed by atoms with van der Waals surface area (Å²) in [6, 6.07) is 7.48. The summed E-state index contributed by atoms with van der Waals surface area (Å²) in [6.45, 7) is 8.77. The number of carbonyl (C=O) groups is 1. The molecule has 0 fully saturated rings. The van der Waals surface area contributed by atoms with Gasteiger partial charge in [-0.1, -0.05) is 6.07 Å². The van der Waals surface area contributed by atoms with Gasteiger partial charge in [0, 0.05) is 17.4 Å². The zero-order chi connectivity index (χ0) is 19.2. The number of nitrogens with two attached hydrogens (primary N) is 2. The van der Waals surface area contributed by atoms with Crippen LogP contribution in [-0.4, -0.2) is 16.6 Å². The van der Waals surface area contributed by atoms with Crippen LogP contribution in [0.4, 0.5) is 5.82 Å². The largest absolute Gasteiger partial charge is 0.384 e. The van der Waals surface area contributed by atoms with Gasteiger partial charge in [0.2, 0.25) is 5.91 Å². The quantitative estimate of drug-likeness (QED) is 0.415. The number of nitrogens with zero attached hydrogens (tertiary/aromatic N) is 3. The van der Waals surface area contributed by atoms with E-state index in [1.807, 2.05) is 13.8 Å². The summed E-state index contributed by atoms with van der Waals surface area (Å²) >= 11 is 0. The summed E-state index contributed by atoms with van der Waals surface area (Å²) in [7, 11) is 0. The fourth-order valence-corrected chi connectivity index (χ4v) is 1.86. The number of aromatic nitrogens is 1. The molecule has 0 spiro atoms. The lowest BCUT2D eigenvalue weighted by molar-refractivity contribution is -0.114. The summed E-state index contributed by atoms with van der Waals surface area (Å²) in [4.78, 5) is 20.1. The van der Waals surface area contributed by atoms with Gasteiger partial charge in [-0.2, -0.15) is 5.26 Å². The van der Waals surface area contributed by atoms with Crippen molar-refractivity contribution in [3.8, 4) is 6.07 Å². The standard InChI is InChI=1S/C18H24N6O/c1-11(2)22-15(20)9-13(12(3)17(21)25)23-16-8-6-7-14(24-16)18(4,5)10-19/h6-9H,20H2,1-5H3,(H2,21,25)(H,23,24)/b13-12-,15-9-. The van der Waals surface area contributed by atoms with Crippen LogP contribution in [-0.2, 0) is 10.2 Å². The minimum Gasteiger partial charge on any atom is -0.384 e. The number of pyridine rings is 1. The molecule has 0 aliphatic carbocycles. The molecule has 0 saturated carbocycles. The molecule has 0 bridgehead atoms. The lowest BCUT2D eigenvalue weighted by Crippen LogP contribution is -2.19. The van der Waals surface area contributed by atoms with Gasteiger partial charge in [-0.15, -0.1) is 0 Å². The van der Waals surface area contributed by atoms with E-state index >= 15 is 0 Å². The number of carbonyl (C=O) groups excluding carboxylic acids is 1. The van der Waals surface area contributed by atoms with Crippen LogP contribution in [0.25, 0.3) is 0 Å². The van der Waals surface area contributed by atoms with Gasteiger partial charge >= 0.3 is 0 Å². The molecule has 5 N–H and O–H groups in total. The molecule has 0 aliphatic rings. The first-order valence-electron chi connectivity index (χ1n) is 7.72. The van der Waals surface area contributed by atoms with Crippen molar-refractivity contribution in [2.24, 2.45) is 16.5 Å². The maximum atomic E-state index is 11.6. The highest BCUT2D eigenvalue weighted by Crippen LogP contribution is 2.22. The monoisotopic (exact) mass is 340 g/mol. The number of nitriles is 1. The van der Waals surface area contributed by atoms with Crippen LogP contribution >= 0.6 is 0 Å². The van der Waals surface area contributed by atoms with Crippen LogP contribution in [0.3, 0.4) is 0 Å². The van der Waals surface area contributed by atoms with Gasteiger partial charge in [0.25, 0.3) is 0 Å². The average Bonchev–Trinajstić information content (AvgIpc) is 2.52. The van der Waals surface area contributed by atoms with Crippen molar-refractivity contribution in [2.75, 3.05) is 5.32 Å². The van der Waals surface area contributed by atoms with Crippen LogP contribution in [0.5, 0.6) is 0 Å². The lowest BCUT2D eigenvalue weighted by atomic mass is 9.91. The Hall–Kier alpha value is -3.14. The predicted molar refractivity (Wildman–Crippen MR) is 99.4 cm³/mol. The summed E-state index contributed by atoms with van der Waals surface area (Å²) in [5, 5.41) is 12.3. The van der Waals surface area contributed by atoms with E-state index in [1.54, 1.807) is 39.0 Å². The van der Waals surface area contributed by atoms with Crippen molar-refractivity contribution < 1.29 is 4.79 Å². The fourth-order valence-electron chi connectivity index (χ4n) is 1.86. The zero-order valence-electron chi connectivity index (χ0n) is 15.2. The van der Waals surface area contributed by atoms with Gasteiger partial charge < -0.3 is 16.8 Å². The van der Waals surface area contributed by atoms with Crippen molar-refractivity contribution in [3.63, 3.8) is 0 Å². The highest BCUT2D eigenvalue weighted by Gasteiger charge is 2.21. The normalized spacial score (nSPS) is 12.7. The van der Waals surface area contributed by atoms with Gasteiger partial charge in [-0.05, 0) is 46.8 Å². The Morgan fingerprint density at radius 2 is 1.96 bits per heavy atom. The Labute approximate surface area is 148 Å². The second-order valence-electron chi connectivity index (χ2n) is 6.30. The SMILES string of the molecule is CC(C)=N/C(N)=C\C(Nc1cccc(C(C)(C)C#N)n1)=C(/C)C(N)=O. The Kier molecular flexibility index (Phi) is 6.45. The van der Waals surface area contributed by atoms with Crippen LogP contribution in [0, 0.1) is 11.3 Å². The van der Waals surface area contributed by atoms with Gasteiger partial charge in [0.1, 0.15) is 11.6 Å². The highest BCUT2D eigenvalue weighted by molar-refractivity contribution is 5.93. The van der Waals surface area contributed by atoms with E-state index in [4.69, 9.17) is 11.5 Å². The maximum absolute atomic E-state index is 11.6. The number of rotatable bonds is 6. The third-order valence-electron chi connectivity index (χ3n) is 3.35. The van der Waals surface area contributed by atoms with Crippen molar-refractivity contribution in [1.29, 1.82) is 5.26 Å². The van der Waals surface area contributed by atoms with Crippen LogP contribution in [0.1, 0.15) is 40.3 Å². The molecule has 7 nitrogen and oxygen atoms in total. The number of nitrogens with one attached hydrogen (secondary N) is 1. The van der Waals surface area contributed by atoms with E-state index in [9.17, 15) is 10.1 Å². The van der Waals surface area contributed by atoms with Crippen molar-refractivity contribution in [3.05, 3.63) is 47.1 Å². The Morgan fingerprint density at radius 1 is 1.32 bits per heavy atom. The van der Waals surface area contributed by atoms with E-state index in [2.05, 4.69) is 21.4 Å².